The lowest BCUT2D eigenvalue weighted by molar-refractivity contribution is -0.118. The number of pyridine rings is 1. The van der Waals surface area contributed by atoms with Crippen molar-refractivity contribution in [1.82, 2.24) is 14.7 Å². The van der Waals surface area contributed by atoms with Crippen LogP contribution in [0.3, 0.4) is 0 Å². The van der Waals surface area contributed by atoms with E-state index in [1.54, 1.807) is 11.3 Å². The van der Waals surface area contributed by atoms with E-state index in [2.05, 4.69) is 36.4 Å². The molecule has 1 saturated carbocycles. The number of benzene rings is 2. The van der Waals surface area contributed by atoms with Gasteiger partial charge in [0, 0.05) is 16.7 Å². The van der Waals surface area contributed by atoms with Crippen molar-refractivity contribution >= 4 is 38.2 Å². The molecule has 2 heterocycles. The Morgan fingerprint density at radius 1 is 0.974 bits per heavy atom. The number of nitrogens with one attached hydrogen (secondary N) is 1. The van der Waals surface area contributed by atoms with Crippen LogP contribution in [0.5, 0.6) is 0 Å². The van der Waals surface area contributed by atoms with E-state index in [-0.39, 0.29) is 18.4 Å². The minimum absolute atomic E-state index is 0.0610. The predicted molar refractivity (Wildman–Crippen MR) is 154 cm³/mol. The van der Waals surface area contributed by atoms with E-state index >= 15 is 0 Å². The number of amides is 1. The van der Waals surface area contributed by atoms with E-state index in [0.717, 1.165) is 60.0 Å². The lowest BCUT2D eigenvalue weighted by Crippen LogP contribution is -2.30. The smallest absolute Gasteiger partial charge is 0.239 e. The molecule has 7 nitrogen and oxygen atoms in total. The van der Waals surface area contributed by atoms with Gasteiger partial charge in [0.05, 0.1) is 42.3 Å². The van der Waals surface area contributed by atoms with Gasteiger partial charge in [0.2, 0.25) is 15.9 Å². The molecule has 1 fully saturated rings. The number of sulfonamides is 1. The van der Waals surface area contributed by atoms with Crippen LogP contribution in [0.25, 0.3) is 10.9 Å². The molecule has 0 radical (unpaired) electrons. The number of para-hydroxylation sites is 1. The molecule has 0 bridgehead atoms. The third kappa shape index (κ3) is 7.50. The van der Waals surface area contributed by atoms with Crippen LogP contribution in [0.15, 0.2) is 72.1 Å². The monoisotopic (exact) mass is 563 g/mol. The van der Waals surface area contributed by atoms with E-state index in [9.17, 15) is 13.2 Å². The van der Waals surface area contributed by atoms with Gasteiger partial charge in [0.15, 0.2) is 0 Å². The van der Waals surface area contributed by atoms with Crippen LogP contribution in [0.2, 0.25) is 0 Å². The summed E-state index contributed by atoms with van der Waals surface area (Å²) in [5, 5.41) is 3.96. The van der Waals surface area contributed by atoms with Crippen molar-refractivity contribution in [3.05, 3.63) is 94.1 Å². The molecule has 39 heavy (non-hydrogen) atoms. The van der Waals surface area contributed by atoms with Crippen LogP contribution in [-0.2, 0) is 32.6 Å². The second-order valence-electron chi connectivity index (χ2n) is 10.2. The summed E-state index contributed by atoms with van der Waals surface area (Å²) in [6.45, 7) is 0.508. The largest absolute Gasteiger partial charge is 0.372 e. The van der Waals surface area contributed by atoms with Crippen LogP contribution >= 0.6 is 11.3 Å². The van der Waals surface area contributed by atoms with E-state index in [0.29, 0.717) is 18.2 Å². The Labute approximate surface area is 233 Å². The van der Waals surface area contributed by atoms with Gasteiger partial charge < -0.3 is 4.74 Å². The fourth-order valence-corrected chi connectivity index (χ4v) is 6.94. The van der Waals surface area contributed by atoms with Gasteiger partial charge in [-0.25, -0.2) is 13.4 Å². The topological polar surface area (TPSA) is 98.2 Å². The maximum absolute atomic E-state index is 12.1. The molecule has 3 unspecified atom stereocenters. The third-order valence-electron chi connectivity index (χ3n) is 7.19. The molecule has 0 aliphatic heterocycles. The summed E-state index contributed by atoms with van der Waals surface area (Å²) in [6.07, 6.45) is 6.23. The molecule has 2 aromatic carbocycles. The zero-order chi connectivity index (χ0) is 27.2. The molecule has 1 aliphatic rings. The Bertz CT molecular complexity index is 1520. The fourth-order valence-electron chi connectivity index (χ4n) is 5.42. The van der Waals surface area contributed by atoms with Crippen molar-refractivity contribution in [1.29, 1.82) is 0 Å². The molecular formula is C30H33N3O4S2. The van der Waals surface area contributed by atoms with E-state index in [4.69, 9.17) is 14.7 Å². The second kappa shape index (κ2) is 12.4. The summed E-state index contributed by atoms with van der Waals surface area (Å²) in [6, 6.07) is 22.7. The highest BCUT2D eigenvalue weighted by Crippen LogP contribution is 2.41. The van der Waals surface area contributed by atoms with Crippen LogP contribution in [0.1, 0.15) is 60.0 Å². The summed E-state index contributed by atoms with van der Waals surface area (Å²) >= 11 is 1.54. The first kappa shape index (κ1) is 27.4. The average molecular weight is 564 g/mol. The summed E-state index contributed by atoms with van der Waals surface area (Å²) in [7, 11) is -3.59. The predicted octanol–water partition coefficient (Wildman–Crippen LogP) is 5.61. The lowest BCUT2D eigenvalue weighted by atomic mass is 9.81. The number of hydrogen-bond acceptors (Lipinski definition) is 7. The third-order valence-corrected chi connectivity index (χ3v) is 8.77. The first-order chi connectivity index (χ1) is 18.8. The Balaban J connectivity index is 1.26. The van der Waals surface area contributed by atoms with Crippen molar-refractivity contribution in [3.63, 3.8) is 0 Å². The van der Waals surface area contributed by atoms with Gasteiger partial charge in [0.25, 0.3) is 0 Å². The quantitative estimate of drug-likeness (QED) is 0.266. The van der Waals surface area contributed by atoms with Crippen molar-refractivity contribution in [2.45, 2.75) is 57.2 Å². The highest BCUT2D eigenvalue weighted by Gasteiger charge is 2.30. The van der Waals surface area contributed by atoms with Gasteiger partial charge in [-0.15, -0.1) is 11.3 Å². The molecule has 0 saturated heterocycles. The molecule has 3 atom stereocenters. The van der Waals surface area contributed by atoms with Gasteiger partial charge in [-0.1, -0.05) is 61.0 Å². The van der Waals surface area contributed by atoms with E-state index in [1.807, 2.05) is 40.4 Å². The summed E-state index contributed by atoms with van der Waals surface area (Å²) < 4.78 is 31.2. The number of rotatable bonds is 9. The number of nitrogens with zero attached hydrogens (tertiary/aromatic N) is 2. The zero-order valence-corrected chi connectivity index (χ0v) is 23.6. The minimum Gasteiger partial charge on any atom is -0.372 e. The molecule has 2 aromatic heterocycles. The molecule has 1 amide bonds. The highest BCUT2D eigenvalue weighted by atomic mass is 32.2. The van der Waals surface area contributed by atoms with Crippen molar-refractivity contribution in [2.75, 3.05) is 6.26 Å². The number of fused-ring (bicyclic) bond motifs is 1. The van der Waals surface area contributed by atoms with E-state index < -0.39 is 15.9 Å². The molecular weight excluding hydrogens is 530 g/mol. The lowest BCUT2D eigenvalue weighted by Gasteiger charge is -2.25. The highest BCUT2D eigenvalue weighted by molar-refractivity contribution is 7.89. The molecule has 1 N–H and O–H groups in total. The van der Waals surface area contributed by atoms with Gasteiger partial charge in [-0.05, 0) is 49.3 Å². The van der Waals surface area contributed by atoms with Crippen LogP contribution in [0, 0.1) is 5.92 Å². The summed E-state index contributed by atoms with van der Waals surface area (Å²) in [5.74, 6) is -0.0616. The number of carbonyl (C=O) groups excluding carboxylic acids is 1. The maximum atomic E-state index is 12.1. The molecule has 5 rings (SSSR count). The van der Waals surface area contributed by atoms with Crippen LogP contribution in [-0.4, -0.2) is 36.7 Å². The Morgan fingerprint density at radius 2 is 1.77 bits per heavy atom. The van der Waals surface area contributed by atoms with Gasteiger partial charge >= 0.3 is 0 Å². The average Bonchev–Trinajstić information content (AvgIpc) is 3.23. The molecule has 1 aliphatic carbocycles. The van der Waals surface area contributed by atoms with Crippen molar-refractivity contribution in [2.24, 2.45) is 5.92 Å². The first-order valence-electron chi connectivity index (χ1n) is 13.3. The van der Waals surface area contributed by atoms with Crippen LogP contribution in [0.4, 0.5) is 0 Å². The van der Waals surface area contributed by atoms with Crippen molar-refractivity contribution in [3.8, 4) is 0 Å². The number of aromatic nitrogens is 2. The Kier molecular flexibility index (Phi) is 8.69. The minimum atomic E-state index is -3.59. The fraction of sp³-hybridized carbons (Fsp3) is 0.367. The summed E-state index contributed by atoms with van der Waals surface area (Å²) in [4.78, 5) is 21.7. The molecule has 204 valence electrons. The molecule has 9 heteroatoms. The zero-order valence-electron chi connectivity index (χ0n) is 22.0. The van der Waals surface area contributed by atoms with Gasteiger partial charge in [0.1, 0.15) is 5.01 Å². The Morgan fingerprint density at radius 3 is 2.59 bits per heavy atom. The number of carbonyl (C=O) groups is 1. The molecule has 0 spiro atoms. The molecule has 4 aromatic rings. The normalized spacial score (nSPS) is 18.9. The number of ether oxygens (including phenoxy) is 1. The van der Waals surface area contributed by atoms with E-state index in [1.165, 1.54) is 5.56 Å². The number of hydrogen-bond donors (Lipinski definition) is 1. The summed E-state index contributed by atoms with van der Waals surface area (Å²) in [5.41, 5.74) is 3.74. The van der Waals surface area contributed by atoms with Crippen molar-refractivity contribution < 1.29 is 17.9 Å². The van der Waals surface area contributed by atoms with Gasteiger partial charge in [-0.3, -0.25) is 14.5 Å². The van der Waals surface area contributed by atoms with Gasteiger partial charge in [-0.2, -0.15) is 0 Å². The van der Waals surface area contributed by atoms with Crippen LogP contribution < -0.4 is 4.72 Å². The first-order valence-corrected chi connectivity index (χ1v) is 16.1. The standard InChI is InChI=1S/C30H33N3O4S2/c1-39(35,36)33-28(34)18-25-20-38-30(32-25)29(22-9-3-2-4-10-22)23-11-7-12-26(17-15-23)37-19-24-16-14-21-8-5-6-13-27(21)31-24/h2-6,8-10,13-14,16,20,23,26,29H,7,11-12,15,17-19H2,1H3,(H,33,34). The second-order valence-corrected chi connectivity index (χ2v) is 12.9. The number of thiazole rings is 1. The Hall–Kier alpha value is -3.14. The SMILES string of the molecule is CS(=O)(=O)NC(=O)Cc1csc(C(c2ccccc2)C2CCCC(OCc3ccc4ccccc4n3)CC2)n1. The maximum Gasteiger partial charge on any atom is 0.239 e.